The van der Waals surface area contributed by atoms with Crippen LogP contribution in [0.5, 0.6) is 0 Å². The highest BCUT2D eigenvalue weighted by Crippen LogP contribution is 2.31. The molecule has 1 N–H and O–H groups in total. The van der Waals surface area contributed by atoms with Crippen LogP contribution >= 0.6 is 12.4 Å². The van der Waals surface area contributed by atoms with E-state index < -0.39 is 0 Å². The van der Waals surface area contributed by atoms with Gasteiger partial charge in [-0.2, -0.15) is 0 Å². The predicted molar refractivity (Wildman–Crippen MR) is 87.7 cm³/mol. The van der Waals surface area contributed by atoms with Crippen molar-refractivity contribution in [2.45, 2.75) is 32.1 Å². The van der Waals surface area contributed by atoms with Gasteiger partial charge in [-0.25, -0.2) is 0 Å². The van der Waals surface area contributed by atoms with Crippen molar-refractivity contribution in [3.63, 3.8) is 0 Å². The van der Waals surface area contributed by atoms with E-state index in [-0.39, 0.29) is 12.4 Å². The summed E-state index contributed by atoms with van der Waals surface area (Å²) in [5, 5.41) is 3.51. The third-order valence-corrected chi connectivity index (χ3v) is 4.92. The Bertz CT molecular complexity index is 393. The average Bonchev–Trinajstić information content (AvgIpc) is 2.87. The van der Waals surface area contributed by atoms with Crippen LogP contribution in [-0.2, 0) is 0 Å². The lowest BCUT2D eigenvalue weighted by molar-refractivity contribution is 0.144. The summed E-state index contributed by atoms with van der Waals surface area (Å²) in [6.07, 6.45) is 3.99. The Labute approximate surface area is 129 Å². The van der Waals surface area contributed by atoms with E-state index >= 15 is 0 Å². The van der Waals surface area contributed by atoms with Gasteiger partial charge in [-0.05, 0) is 55.8 Å². The monoisotopic (exact) mass is 294 g/mol. The highest BCUT2D eigenvalue weighted by atomic mass is 35.5. The third kappa shape index (κ3) is 3.75. The number of halogens is 1. The van der Waals surface area contributed by atoms with Gasteiger partial charge < -0.3 is 10.2 Å². The zero-order chi connectivity index (χ0) is 13.1. The van der Waals surface area contributed by atoms with Crippen LogP contribution in [0.25, 0.3) is 0 Å². The van der Waals surface area contributed by atoms with Gasteiger partial charge >= 0.3 is 0 Å². The fraction of sp³-hybridized carbons (Fsp3) is 0.647. The van der Waals surface area contributed by atoms with Crippen molar-refractivity contribution in [1.29, 1.82) is 0 Å². The maximum atomic E-state index is 3.51. The summed E-state index contributed by atoms with van der Waals surface area (Å²) in [6, 6.07) is 11.1. The normalized spacial score (nSPS) is 28.2. The number of nitrogens with one attached hydrogen (secondary N) is 1. The van der Waals surface area contributed by atoms with E-state index in [0.717, 1.165) is 5.92 Å². The first kappa shape index (κ1) is 15.8. The van der Waals surface area contributed by atoms with Crippen LogP contribution in [0.2, 0.25) is 0 Å². The Balaban J connectivity index is 0.00000147. The van der Waals surface area contributed by atoms with Crippen molar-refractivity contribution in [1.82, 2.24) is 10.2 Å². The molecule has 2 aliphatic heterocycles. The van der Waals surface area contributed by atoms with Crippen molar-refractivity contribution >= 4 is 12.4 Å². The van der Waals surface area contributed by atoms with Crippen molar-refractivity contribution in [3.8, 4) is 0 Å². The zero-order valence-electron chi connectivity index (χ0n) is 12.5. The molecule has 2 heterocycles. The number of hydrogen-bond donors (Lipinski definition) is 1. The lowest BCUT2D eigenvalue weighted by Crippen LogP contribution is -2.41. The van der Waals surface area contributed by atoms with E-state index in [0.29, 0.717) is 5.41 Å². The molecule has 0 aliphatic carbocycles. The first-order chi connectivity index (χ1) is 9.25. The largest absolute Gasteiger partial charge is 0.316 e. The van der Waals surface area contributed by atoms with Crippen LogP contribution in [0.3, 0.4) is 0 Å². The minimum absolute atomic E-state index is 0. The van der Waals surface area contributed by atoms with Crippen LogP contribution in [0.15, 0.2) is 30.3 Å². The first-order valence-electron chi connectivity index (χ1n) is 7.73. The Morgan fingerprint density at radius 2 is 1.90 bits per heavy atom. The summed E-state index contributed by atoms with van der Waals surface area (Å²) in [4.78, 5) is 2.69. The van der Waals surface area contributed by atoms with Gasteiger partial charge in [0.1, 0.15) is 0 Å². The van der Waals surface area contributed by atoms with Crippen LogP contribution in [0, 0.1) is 5.41 Å². The number of piperidine rings is 1. The second-order valence-corrected chi connectivity index (χ2v) is 6.70. The van der Waals surface area contributed by atoms with Crippen LogP contribution in [0.1, 0.15) is 37.7 Å². The van der Waals surface area contributed by atoms with Gasteiger partial charge in [0, 0.05) is 13.1 Å². The number of nitrogens with zero attached hydrogens (tertiary/aromatic N) is 1. The molecule has 0 bridgehead atoms. The van der Waals surface area contributed by atoms with Crippen molar-refractivity contribution in [3.05, 3.63) is 35.9 Å². The molecule has 3 heteroatoms. The molecule has 0 radical (unpaired) electrons. The molecule has 1 atom stereocenters. The molecule has 0 aromatic heterocycles. The standard InChI is InChI=1S/C17H26N2.ClH/c1-17(9-10-18-13-17)14-19-11-7-16(8-12-19)15-5-3-2-4-6-15;/h2-6,16,18H,7-14H2,1H3;1H. The van der Waals surface area contributed by atoms with Crippen molar-refractivity contribution < 1.29 is 0 Å². The Morgan fingerprint density at radius 1 is 1.20 bits per heavy atom. The average molecular weight is 295 g/mol. The highest BCUT2D eigenvalue weighted by molar-refractivity contribution is 5.85. The van der Waals surface area contributed by atoms with E-state index in [9.17, 15) is 0 Å². The summed E-state index contributed by atoms with van der Waals surface area (Å²) < 4.78 is 0. The molecule has 2 nitrogen and oxygen atoms in total. The van der Waals surface area contributed by atoms with Gasteiger partial charge in [0.25, 0.3) is 0 Å². The third-order valence-electron chi connectivity index (χ3n) is 4.92. The fourth-order valence-corrected chi connectivity index (χ4v) is 3.69. The zero-order valence-corrected chi connectivity index (χ0v) is 13.3. The van der Waals surface area contributed by atoms with E-state index in [1.807, 2.05) is 0 Å². The minimum Gasteiger partial charge on any atom is -0.316 e. The van der Waals surface area contributed by atoms with Crippen LogP contribution in [-0.4, -0.2) is 37.6 Å². The summed E-state index contributed by atoms with van der Waals surface area (Å²) in [6.45, 7) is 8.67. The fourth-order valence-electron chi connectivity index (χ4n) is 3.69. The van der Waals surface area contributed by atoms with E-state index in [4.69, 9.17) is 0 Å². The summed E-state index contributed by atoms with van der Waals surface area (Å²) in [7, 11) is 0. The molecule has 2 aliphatic rings. The number of rotatable bonds is 3. The summed E-state index contributed by atoms with van der Waals surface area (Å²) in [5.41, 5.74) is 2.05. The molecule has 112 valence electrons. The topological polar surface area (TPSA) is 15.3 Å². The molecular formula is C17H27ClN2. The maximum absolute atomic E-state index is 3.51. The molecule has 20 heavy (non-hydrogen) atoms. The van der Waals surface area contributed by atoms with Crippen molar-refractivity contribution in [2.75, 3.05) is 32.7 Å². The van der Waals surface area contributed by atoms with E-state index in [1.165, 1.54) is 57.5 Å². The highest BCUT2D eigenvalue weighted by Gasteiger charge is 2.32. The smallest absolute Gasteiger partial charge is 0.00480 e. The lowest BCUT2D eigenvalue weighted by atomic mass is 9.86. The van der Waals surface area contributed by atoms with Gasteiger partial charge in [0.15, 0.2) is 0 Å². The SMILES string of the molecule is CC1(CN2CCC(c3ccccc3)CC2)CCNC1.Cl. The van der Waals surface area contributed by atoms with Gasteiger partial charge in [0.05, 0.1) is 0 Å². The number of likely N-dealkylation sites (tertiary alicyclic amines) is 1. The quantitative estimate of drug-likeness (QED) is 0.920. The molecule has 2 fully saturated rings. The minimum atomic E-state index is 0. The van der Waals surface area contributed by atoms with Gasteiger partial charge in [-0.3, -0.25) is 0 Å². The first-order valence-corrected chi connectivity index (χ1v) is 7.73. The van der Waals surface area contributed by atoms with Gasteiger partial charge in [-0.15, -0.1) is 12.4 Å². The summed E-state index contributed by atoms with van der Waals surface area (Å²) in [5.74, 6) is 0.784. The molecule has 3 rings (SSSR count). The Kier molecular flexibility index (Phi) is 5.48. The number of hydrogen-bond acceptors (Lipinski definition) is 2. The van der Waals surface area contributed by atoms with Gasteiger partial charge in [-0.1, -0.05) is 37.3 Å². The molecule has 2 saturated heterocycles. The molecule has 1 aromatic rings. The molecule has 0 saturated carbocycles. The Morgan fingerprint density at radius 3 is 2.50 bits per heavy atom. The second kappa shape index (κ2) is 6.93. The van der Waals surface area contributed by atoms with Crippen molar-refractivity contribution in [2.24, 2.45) is 5.41 Å². The second-order valence-electron chi connectivity index (χ2n) is 6.70. The molecule has 0 amide bonds. The molecule has 1 aromatic carbocycles. The van der Waals surface area contributed by atoms with E-state index in [1.54, 1.807) is 0 Å². The lowest BCUT2D eigenvalue weighted by Gasteiger charge is -2.37. The molecule has 0 spiro atoms. The molecular weight excluding hydrogens is 268 g/mol. The number of benzene rings is 1. The van der Waals surface area contributed by atoms with Crippen LogP contribution in [0.4, 0.5) is 0 Å². The summed E-state index contributed by atoms with van der Waals surface area (Å²) >= 11 is 0. The van der Waals surface area contributed by atoms with Crippen LogP contribution < -0.4 is 5.32 Å². The Hall–Kier alpha value is -0.570. The van der Waals surface area contributed by atoms with E-state index in [2.05, 4.69) is 47.5 Å². The maximum Gasteiger partial charge on any atom is 0.00480 e. The van der Waals surface area contributed by atoms with Gasteiger partial charge in [0.2, 0.25) is 0 Å². The predicted octanol–water partition coefficient (Wildman–Crippen LogP) is 3.29. The molecule has 1 unspecified atom stereocenters.